The summed E-state index contributed by atoms with van der Waals surface area (Å²) in [6, 6.07) is 30.6. The molecule has 4 aromatic carbocycles. The molecule has 230 valence electrons. The molecule has 0 bridgehead atoms. The molecule has 0 saturated heterocycles. The minimum absolute atomic E-state index is 0.0801. The van der Waals surface area contributed by atoms with Crippen LogP contribution in [-0.4, -0.2) is 10.2 Å². The quantitative estimate of drug-likeness (QED) is 0.180. The molecule has 0 aromatic heterocycles. The first-order valence-corrected chi connectivity index (χ1v) is 17.2. The van der Waals surface area contributed by atoms with Gasteiger partial charge in [-0.15, -0.1) is 0 Å². The third-order valence-corrected chi connectivity index (χ3v) is 12.2. The molecular formula is C42H50O2. The Morgan fingerprint density at radius 3 is 1.70 bits per heavy atom. The van der Waals surface area contributed by atoms with Crippen molar-refractivity contribution in [1.29, 1.82) is 0 Å². The predicted octanol–water partition coefficient (Wildman–Crippen LogP) is 11.4. The van der Waals surface area contributed by atoms with Crippen LogP contribution in [0.1, 0.15) is 132 Å². The lowest BCUT2D eigenvalue weighted by Crippen LogP contribution is -2.45. The molecule has 0 spiro atoms. The molecule has 0 amide bonds. The first-order chi connectivity index (χ1) is 21.3. The number of phenolic OH excluding ortho intramolecular Hbond substituents is 2. The molecule has 2 aliphatic carbocycles. The van der Waals surface area contributed by atoms with Crippen LogP contribution in [0.2, 0.25) is 0 Å². The second-order valence-electron chi connectivity index (χ2n) is 13.8. The number of aromatic hydroxyl groups is 2. The van der Waals surface area contributed by atoms with Gasteiger partial charge in [-0.2, -0.15) is 0 Å². The van der Waals surface area contributed by atoms with Crippen LogP contribution in [-0.2, 0) is 10.8 Å². The fourth-order valence-corrected chi connectivity index (χ4v) is 9.30. The van der Waals surface area contributed by atoms with E-state index in [0.29, 0.717) is 11.5 Å². The van der Waals surface area contributed by atoms with Crippen molar-refractivity contribution in [3.63, 3.8) is 0 Å². The molecule has 1 saturated carbocycles. The van der Waals surface area contributed by atoms with E-state index in [0.717, 1.165) is 49.7 Å². The summed E-state index contributed by atoms with van der Waals surface area (Å²) in [6.45, 7) is 11.6. The minimum Gasteiger partial charge on any atom is -0.508 e. The van der Waals surface area contributed by atoms with Gasteiger partial charge < -0.3 is 10.2 Å². The van der Waals surface area contributed by atoms with Crippen LogP contribution in [0.5, 0.6) is 11.5 Å². The van der Waals surface area contributed by atoms with E-state index in [1.807, 2.05) is 12.1 Å². The molecule has 0 heterocycles. The molecule has 6 rings (SSSR count). The topological polar surface area (TPSA) is 40.5 Å². The lowest BCUT2D eigenvalue weighted by Gasteiger charge is -2.52. The minimum atomic E-state index is -0.575. The lowest BCUT2D eigenvalue weighted by atomic mass is 9.52. The summed E-state index contributed by atoms with van der Waals surface area (Å²) in [5.41, 5.74) is 9.02. The molecule has 0 aliphatic heterocycles. The fourth-order valence-electron chi connectivity index (χ4n) is 9.30. The smallest absolute Gasteiger partial charge is 0.119 e. The predicted molar refractivity (Wildman–Crippen MR) is 184 cm³/mol. The second-order valence-corrected chi connectivity index (χ2v) is 13.8. The van der Waals surface area contributed by atoms with Crippen LogP contribution < -0.4 is 0 Å². The Morgan fingerprint density at radius 1 is 0.636 bits per heavy atom. The maximum atomic E-state index is 11.8. The van der Waals surface area contributed by atoms with Crippen molar-refractivity contribution >= 4 is 0 Å². The van der Waals surface area contributed by atoms with Crippen LogP contribution in [0.3, 0.4) is 0 Å². The summed E-state index contributed by atoms with van der Waals surface area (Å²) in [4.78, 5) is 0. The lowest BCUT2D eigenvalue weighted by molar-refractivity contribution is 0.0767. The number of phenols is 2. The van der Waals surface area contributed by atoms with Gasteiger partial charge in [0, 0.05) is 11.0 Å². The number of fused-ring (bicyclic) bond motifs is 3. The van der Waals surface area contributed by atoms with Crippen molar-refractivity contribution in [2.75, 3.05) is 0 Å². The standard InChI is InChI=1S/C42H50O2/c1-6-29(7-2)34-27-30(21-23-38(34)43)42(35-19-13-11-17-32(35)33-18-12-14-20-36(33)42)31-22-24-39(44)37(28-31)41(25-15-10-16-26-41)40(5,8-3)9-4/h11-14,17-24,27-29,43-44H,6-10,15-16,25-26H2,1-5H3. The highest BCUT2D eigenvalue weighted by Crippen LogP contribution is 2.60. The van der Waals surface area contributed by atoms with Gasteiger partial charge in [-0.25, -0.2) is 0 Å². The Kier molecular flexibility index (Phi) is 8.16. The molecule has 4 aromatic rings. The van der Waals surface area contributed by atoms with Crippen molar-refractivity contribution in [2.24, 2.45) is 5.41 Å². The molecule has 2 nitrogen and oxygen atoms in total. The van der Waals surface area contributed by atoms with Crippen molar-refractivity contribution in [3.05, 3.63) is 118 Å². The molecule has 2 aliphatic rings. The largest absolute Gasteiger partial charge is 0.508 e. The van der Waals surface area contributed by atoms with Gasteiger partial charge in [0.05, 0.1) is 5.41 Å². The summed E-state index contributed by atoms with van der Waals surface area (Å²) in [5.74, 6) is 1.10. The third kappa shape index (κ3) is 4.35. The van der Waals surface area contributed by atoms with Gasteiger partial charge in [-0.05, 0) is 107 Å². The van der Waals surface area contributed by atoms with Crippen LogP contribution in [0.4, 0.5) is 0 Å². The first-order valence-electron chi connectivity index (χ1n) is 17.2. The second kappa shape index (κ2) is 11.8. The van der Waals surface area contributed by atoms with E-state index in [-0.39, 0.29) is 16.7 Å². The van der Waals surface area contributed by atoms with E-state index >= 15 is 0 Å². The maximum Gasteiger partial charge on any atom is 0.119 e. The SMILES string of the molecule is CCC(CC)c1cc(C2(c3ccc(O)c(C4(C(C)(CC)CC)CCCCC4)c3)c3ccccc3-c3ccccc32)ccc1O. The van der Waals surface area contributed by atoms with Gasteiger partial charge >= 0.3 is 0 Å². The highest BCUT2D eigenvalue weighted by molar-refractivity contribution is 5.86. The molecule has 0 unspecified atom stereocenters. The normalized spacial score (nSPS) is 17.0. The summed E-state index contributed by atoms with van der Waals surface area (Å²) in [6.07, 6.45) is 10.0. The van der Waals surface area contributed by atoms with Crippen molar-refractivity contribution < 1.29 is 10.2 Å². The molecule has 0 atom stereocenters. The molecular weight excluding hydrogens is 536 g/mol. The Hall–Kier alpha value is -3.52. The van der Waals surface area contributed by atoms with Gasteiger partial charge in [0.1, 0.15) is 11.5 Å². The molecule has 2 heteroatoms. The first kappa shape index (κ1) is 30.5. The van der Waals surface area contributed by atoms with E-state index in [1.165, 1.54) is 52.6 Å². The number of hydrogen-bond acceptors (Lipinski definition) is 2. The van der Waals surface area contributed by atoms with Gasteiger partial charge in [0.15, 0.2) is 0 Å². The molecule has 1 fully saturated rings. The van der Waals surface area contributed by atoms with Crippen LogP contribution in [0.25, 0.3) is 11.1 Å². The van der Waals surface area contributed by atoms with Crippen molar-refractivity contribution in [3.8, 4) is 22.6 Å². The van der Waals surface area contributed by atoms with Crippen LogP contribution in [0.15, 0.2) is 84.9 Å². The molecule has 2 N–H and O–H groups in total. The number of hydrogen-bond donors (Lipinski definition) is 2. The fraction of sp³-hybridized carbons (Fsp3) is 0.429. The zero-order chi connectivity index (χ0) is 31.1. The monoisotopic (exact) mass is 586 g/mol. The highest BCUT2D eigenvalue weighted by Gasteiger charge is 2.51. The van der Waals surface area contributed by atoms with Gasteiger partial charge in [0.25, 0.3) is 0 Å². The van der Waals surface area contributed by atoms with Crippen molar-refractivity contribution in [2.45, 2.75) is 109 Å². The van der Waals surface area contributed by atoms with Gasteiger partial charge in [-0.1, -0.05) is 121 Å². The average Bonchev–Trinajstić information content (AvgIpc) is 3.37. The molecule has 44 heavy (non-hydrogen) atoms. The molecule has 0 radical (unpaired) electrons. The van der Waals surface area contributed by atoms with E-state index in [9.17, 15) is 10.2 Å². The van der Waals surface area contributed by atoms with Gasteiger partial charge in [-0.3, -0.25) is 0 Å². The zero-order valence-corrected chi connectivity index (χ0v) is 27.4. The Balaban J connectivity index is 1.71. The summed E-state index contributed by atoms with van der Waals surface area (Å²) < 4.78 is 0. The summed E-state index contributed by atoms with van der Waals surface area (Å²) in [7, 11) is 0. The number of benzene rings is 4. The summed E-state index contributed by atoms with van der Waals surface area (Å²) >= 11 is 0. The Morgan fingerprint density at radius 2 is 1.16 bits per heavy atom. The van der Waals surface area contributed by atoms with E-state index in [1.54, 1.807) is 0 Å². The maximum absolute atomic E-state index is 11.8. The zero-order valence-electron chi connectivity index (χ0n) is 27.4. The Labute approximate surface area is 265 Å². The van der Waals surface area contributed by atoms with Crippen LogP contribution in [0, 0.1) is 5.41 Å². The Bertz CT molecular complexity index is 1590. The third-order valence-electron chi connectivity index (χ3n) is 12.2. The van der Waals surface area contributed by atoms with Crippen LogP contribution >= 0.6 is 0 Å². The number of rotatable bonds is 9. The van der Waals surface area contributed by atoms with E-state index in [2.05, 4.69) is 107 Å². The van der Waals surface area contributed by atoms with Gasteiger partial charge in [0.2, 0.25) is 0 Å². The average molecular weight is 587 g/mol. The van der Waals surface area contributed by atoms with Crippen molar-refractivity contribution in [1.82, 2.24) is 0 Å². The summed E-state index contributed by atoms with van der Waals surface area (Å²) in [5, 5.41) is 22.9. The van der Waals surface area contributed by atoms with E-state index in [4.69, 9.17) is 0 Å². The van der Waals surface area contributed by atoms with E-state index < -0.39 is 5.41 Å². The highest BCUT2D eigenvalue weighted by atomic mass is 16.3.